The maximum absolute atomic E-state index is 13.3. The summed E-state index contributed by atoms with van der Waals surface area (Å²) in [5.41, 5.74) is 16.8. The molecule has 5 amide bonds. The van der Waals surface area contributed by atoms with Crippen LogP contribution < -0.4 is 33.2 Å². The first-order chi connectivity index (χ1) is 17.9. The number of rotatable bonds is 18. The van der Waals surface area contributed by atoms with Gasteiger partial charge in [0.15, 0.2) is 0 Å². The van der Waals surface area contributed by atoms with Gasteiger partial charge < -0.3 is 38.3 Å². The zero-order chi connectivity index (χ0) is 28.7. The third-order valence-corrected chi connectivity index (χ3v) is 6.14. The van der Waals surface area contributed by atoms with E-state index >= 15 is 0 Å². The Kier molecular flexibility index (Phi) is 14.5. The Morgan fingerprint density at radius 2 is 1.32 bits per heavy atom. The molecular weight excluding hydrogens is 516 g/mol. The van der Waals surface area contributed by atoms with Gasteiger partial charge in [0.1, 0.15) is 18.1 Å². The molecule has 1 aromatic rings. The number of amides is 5. The van der Waals surface area contributed by atoms with Crippen molar-refractivity contribution in [3.63, 3.8) is 0 Å². The summed E-state index contributed by atoms with van der Waals surface area (Å²) in [6.45, 7) is 0. The van der Waals surface area contributed by atoms with Crippen LogP contribution >= 0.6 is 11.8 Å². The molecule has 0 fully saturated rings. The molecule has 0 aliphatic heterocycles. The predicted octanol–water partition coefficient (Wildman–Crippen LogP) is -1.62. The smallest absolute Gasteiger partial charge is 0.326 e. The number of carbonyl (C=O) groups is 6. The molecule has 210 valence electrons. The van der Waals surface area contributed by atoms with Gasteiger partial charge in [0.05, 0.1) is 6.04 Å². The van der Waals surface area contributed by atoms with Crippen molar-refractivity contribution in [2.45, 2.75) is 62.7 Å². The maximum Gasteiger partial charge on any atom is 0.326 e. The summed E-state index contributed by atoms with van der Waals surface area (Å²) in [4.78, 5) is 72.5. The van der Waals surface area contributed by atoms with Crippen molar-refractivity contribution in [2.24, 2.45) is 17.2 Å². The average molecular weight is 553 g/mol. The van der Waals surface area contributed by atoms with Gasteiger partial charge in [-0.25, -0.2) is 4.79 Å². The topological polar surface area (TPSA) is 237 Å². The van der Waals surface area contributed by atoms with E-state index in [1.54, 1.807) is 36.6 Å². The molecule has 14 heteroatoms. The summed E-state index contributed by atoms with van der Waals surface area (Å²) >= 11 is 1.41. The fourth-order valence-corrected chi connectivity index (χ4v) is 3.83. The lowest BCUT2D eigenvalue weighted by Gasteiger charge is -2.25. The van der Waals surface area contributed by atoms with E-state index in [4.69, 9.17) is 17.2 Å². The number of thioether (sulfide) groups is 1. The molecule has 4 unspecified atom stereocenters. The highest BCUT2D eigenvalue weighted by Crippen LogP contribution is 2.08. The number of carbonyl (C=O) groups excluding carboxylic acids is 5. The van der Waals surface area contributed by atoms with Crippen molar-refractivity contribution in [2.75, 3.05) is 12.0 Å². The van der Waals surface area contributed by atoms with E-state index in [2.05, 4.69) is 16.0 Å². The number of primary amides is 2. The van der Waals surface area contributed by atoms with Gasteiger partial charge in [-0.15, -0.1) is 0 Å². The fourth-order valence-electron chi connectivity index (χ4n) is 3.36. The van der Waals surface area contributed by atoms with Crippen molar-refractivity contribution in [1.29, 1.82) is 0 Å². The monoisotopic (exact) mass is 552 g/mol. The first kappa shape index (κ1) is 32.4. The van der Waals surface area contributed by atoms with Crippen molar-refractivity contribution in [1.82, 2.24) is 16.0 Å². The highest BCUT2D eigenvalue weighted by molar-refractivity contribution is 7.98. The first-order valence-corrected chi connectivity index (χ1v) is 13.3. The van der Waals surface area contributed by atoms with Crippen molar-refractivity contribution >= 4 is 47.3 Å². The molecule has 0 aliphatic rings. The van der Waals surface area contributed by atoms with Crippen LogP contribution in [0.4, 0.5) is 0 Å². The lowest BCUT2D eigenvalue weighted by Crippen LogP contribution is -2.57. The van der Waals surface area contributed by atoms with E-state index in [0.717, 1.165) is 5.56 Å². The molecular formula is C24H36N6O7S. The van der Waals surface area contributed by atoms with Crippen LogP contribution in [0, 0.1) is 0 Å². The van der Waals surface area contributed by atoms with E-state index in [1.807, 2.05) is 0 Å². The van der Waals surface area contributed by atoms with E-state index < -0.39 is 59.7 Å². The van der Waals surface area contributed by atoms with E-state index in [-0.39, 0.29) is 38.5 Å². The van der Waals surface area contributed by atoms with Gasteiger partial charge in [-0.2, -0.15) is 11.8 Å². The van der Waals surface area contributed by atoms with Gasteiger partial charge in [0.25, 0.3) is 0 Å². The van der Waals surface area contributed by atoms with Crippen molar-refractivity contribution in [3.05, 3.63) is 35.9 Å². The molecule has 10 N–H and O–H groups in total. The normalized spacial score (nSPS) is 13.8. The lowest BCUT2D eigenvalue weighted by atomic mass is 10.0. The number of benzene rings is 1. The average Bonchev–Trinajstić information content (AvgIpc) is 2.86. The Hall–Kier alpha value is -3.65. The largest absolute Gasteiger partial charge is 0.480 e. The second-order valence-electron chi connectivity index (χ2n) is 8.61. The van der Waals surface area contributed by atoms with Crippen LogP contribution in [0.1, 0.15) is 37.7 Å². The van der Waals surface area contributed by atoms with Crippen LogP contribution in [-0.2, 0) is 35.2 Å². The number of nitrogens with two attached hydrogens (primary N) is 3. The zero-order valence-electron chi connectivity index (χ0n) is 21.2. The van der Waals surface area contributed by atoms with Gasteiger partial charge >= 0.3 is 5.97 Å². The standard InChI is InChI=1S/C24H36N6O7S/c1-38-12-11-16(22(34)29-17(24(36)37)8-10-20(27)32)28-23(35)18(13-14-5-3-2-4-6-14)30-21(33)15(25)7-9-19(26)31/h2-6,15-18H,7-13,25H2,1H3,(H2,26,31)(H2,27,32)(H,28,35)(H,29,34)(H,30,33)(H,36,37). The predicted molar refractivity (Wildman–Crippen MR) is 141 cm³/mol. The molecule has 0 bridgehead atoms. The molecule has 0 radical (unpaired) electrons. The summed E-state index contributed by atoms with van der Waals surface area (Å²) in [6, 6.07) is 4.10. The number of carboxylic acid groups (broad SMARTS) is 1. The summed E-state index contributed by atoms with van der Waals surface area (Å²) < 4.78 is 0. The number of nitrogens with one attached hydrogen (secondary N) is 3. The summed E-state index contributed by atoms with van der Waals surface area (Å²) in [5, 5.41) is 16.9. The second-order valence-corrected chi connectivity index (χ2v) is 9.60. The Bertz CT molecular complexity index is 978. The number of aliphatic carboxylic acids is 1. The van der Waals surface area contributed by atoms with Crippen LogP contribution in [0.2, 0.25) is 0 Å². The van der Waals surface area contributed by atoms with Crippen molar-refractivity contribution in [3.8, 4) is 0 Å². The van der Waals surface area contributed by atoms with Gasteiger partial charge in [-0.1, -0.05) is 30.3 Å². The molecule has 38 heavy (non-hydrogen) atoms. The SMILES string of the molecule is CSCCC(NC(=O)C(Cc1ccccc1)NC(=O)C(N)CCC(N)=O)C(=O)NC(CCC(N)=O)C(=O)O. The highest BCUT2D eigenvalue weighted by Gasteiger charge is 2.30. The minimum Gasteiger partial charge on any atom is -0.480 e. The number of hydrogen-bond donors (Lipinski definition) is 7. The lowest BCUT2D eigenvalue weighted by molar-refractivity contribution is -0.142. The Morgan fingerprint density at radius 1 is 0.789 bits per heavy atom. The summed E-state index contributed by atoms with van der Waals surface area (Å²) in [6.07, 6.45) is 1.47. The Balaban J connectivity index is 3.06. The van der Waals surface area contributed by atoms with Crippen LogP contribution in [0.15, 0.2) is 30.3 Å². The van der Waals surface area contributed by atoms with Crippen molar-refractivity contribution < 1.29 is 33.9 Å². The molecule has 0 spiro atoms. The van der Waals surface area contributed by atoms with E-state index in [9.17, 15) is 33.9 Å². The van der Waals surface area contributed by atoms with Gasteiger partial charge in [0, 0.05) is 19.3 Å². The second kappa shape index (κ2) is 17.0. The fraction of sp³-hybridized carbons (Fsp3) is 0.500. The molecule has 0 saturated heterocycles. The Labute approximate surface area is 225 Å². The molecule has 1 rings (SSSR count). The van der Waals surface area contributed by atoms with Crippen LogP contribution in [0.3, 0.4) is 0 Å². The van der Waals surface area contributed by atoms with Crippen LogP contribution in [-0.4, -0.2) is 76.8 Å². The molecule has 4 atom stereocenters. The molecule has 0 heterocycles. The van der Waals surface area contributed by atoms with Crippen LogP contribution in [0.5, 0.6) is 0 Å². The molecule has 0 saturated carbocycles. The highest BCUT2D eigenvalue weighted by atomic mass is 32.2. The minimum absolute atomic E-state index is 0.0124. The molecule has 0 aromatic heterocycles. The number of carboxylic acids is 1. The minimum atomic E-state index is -1.38. The van der Waals surface area contributed by atoms with Gasteiger partial charge in [0.2, 0.25) is 29.5 Å². The summed E-state index contributed by atoms with van der Waals surface area (Å²) in [7, 11) is 0. The molecule has 0 aliphatic carbocycles. The third kappa shape index (κ3) is 12.5. The van der Waals surface area contributed by atoms with Crippen LogP contribution in [0.25, 0.3) is 0 Å². The zero-order valence-corrected chi connectivity index (χ0v) is 22.0. The molecule has 13 nitrogen and oxygen atoms in total. The maximum atomic E-state index is 13.3. The first-order valence-electron chi connectivity index (χ1n) is 11.9. The quantitative estimate of drug-likeness (QED) is 0.111. The summed E-state index contributed by atoms with van der Waals surface area (Å²) in [5.74, 6) is -4.35. The Morgan fingerprint density at radius 3 is 1.87 bits per heavy atom. The van der Waals surface area contributed by atoms with Gasteiger partial charge in [-0.05, 0) is 36.8 Å². The van der Waals surface area contributed by atoms with Gasteiger partial charge in [-0.3, -0.25) is 24.0 Å². The number of hydrogen-bond acceptors (Lipinski definition) is 8. The van der Waals surface area contributed by atoms with E-state index in [1.165, 1.54) is 11.8 Å². The third-order valence-electron chi connectivity index (χ3n) is 5.49. The molecule has 1 aromatic carbocycles. The van der Waals surface area contributed by atoms with E-state index in [0.29, 0.717) is 5.75 Å².